The lowest BCUT2D eigenvalue weighted by atomic mass is 9.90. The van der Waals surface area contributed by atoms with Crippen LogP contribution < -0.4 is 0 Å². The molecule has 0 saturated heterocycles. The molecule has 11 heavy (non-hydrogen) atoms. The molecular formula is C11H24. The summed E-state index contributed by atoms with van der Waals surface area (Å²) in [5.41, 5.74) is 0. The largest absolute Gasteiger partial charge is 0.0654 e. The standard InChI is InChI=1S/C11H24/c1-5-7-8-11(6-2)9-10(3)4/h10-11H,5-9H2,1-4H3/t11-/m0/s1. The molecule has 0 saturated carbocycles. The molecule has 0 rings (SSSR count). The Bertz CT molecular complexity index is 74.1. The van der Waals surface area contributed by atoms with E-state index in [1.807, 2.05) is 0 Å². The predicted molar refractivity (Wildman–Crippen MR) is 52.8 cm³/mol. The van der Waals surface area contributed by atoms with Crippen molar-refractivity contribution in [3.63, 3.8) is 0 Å². The summed E-state index contributed by atoms with van der Waals surface area (Å²) >= 11 is 0. The van der Waals surface area contributed by atoms with Crippen molar-refractivity contribution in [2.24, 2.45) is 11.8 Å². The van der Waals surface area contributed by atoms with Crippen molar-refractivity contribution in [2.75, 3.05) is 0 Å². The molecule has 0 N–H and O–H groups in total. The van der Waals surface area contributed by atoms with Crippen LogP contribution in [0, 0.1) is 11.8 Å². The van der Waals surface area contributed by atoms with Crippen LogP contribution in [0.15, 0.2) is 0 Å². The average Bonchev–Trinajstić information content (AvgIpc) is 1.97. The Morgan fingerprint density at radius 3 is 2.09 bits per heavy atom. The Kier molecular flexibility index (Phi) is 6.69. The van der Waals surface area contributed by atoms with Gasteiger partial charge in [-0.1, -0.05) is 53.4 Å². The average molecular weight is 156 g/mol. The lowest BCUT2D eigenvalue weighted by molar-refractivity contribution is 0.366. The van der Waals surface area contributed by atoms with Gasteiger partial charge in [0.15, 0.2) is 0 Å². The molecule has 0 bridgehead atoms. The second-order valence-corrected chi connectivity index (χ2v) is 4.05. The van der Waals surface area contributed by atoms with Gasteiger partial charge in [0.05, 0.1) is 0 Å². The molecule has 0 unspecified atom stereocenters. The summed E-state index contributed by atoms with van der Waals surface area (Å²) in [5.74, 6) is 1.88. The molecule has 0 spiro atoms. The number of rotatable bonds is 6. The van der Waals surface area contributed by atoms with Gasteiger partial charge in [-0.2, -0.15) is 0 Å². The summed E-state index contributed by atoms with van der Waals surface area (Å²) in [6, 6.07) is 0. The van der Waals surface area contributed by atoms with E-state index in [1.54, 1.807) is 0 Å². The fraction of sp³-hybridized carbons (Fsp3) is 1.00. The van der Waals surface area contributed by atoms with Gasteiger partial charge in [-0.25, -0.2) is 0 Å². The van der Waals surface area contributed by atoms with Crippen molar-refractivity contribution in [3.8, 4) is 0 Å². The Balaban J connectivity index is 3.41. The van der Waals surface area contributed by atoms with Crippen molar-refractivity contribution in [1.29, 1.82) is 0 Å². The molecule has 0 radical (unpaired) electrons. The lowest BCUT2D eigenvalue weighted by Crippen LogP contribution is -2.02. The monoisotopic (exact) mass is 156 g/mol. The van der Waals surface area contributed by atoms with Crippen LogP contribution >= 0.6 is 0 Å². The van der Waals surface area contributed by atoms with E-state index in [0.717, 1.165) is 11.8 Å². The molecule has 68 valence electrons. The summed E-state index contributed by atoms with van der Waals surface area (Å²) in [4.78, 5) is 0. The molecule has 0 fully saturated rings. The highest BCUT2D eigenvalue weighted by molar-refractivity contribution is 4.59. The first-order valence-corrected chi connectivity index (χ1v) is 5.20. The van der Waals surface area contributed by atoms with E-state index in [0.29, 0.717) is 0 Å². The molecule has 0 heteroatoms. The highest BCUT2D eigenvalue weighted by Crippen LogP contribution is 2.20. The van der Waals surface area contributed by atoms with Crippen LogP contribution in [0.4, 0.5) is 0 Å². The maximum absolute atomic E-state index is 2.33. The Labute approximate surface area is 72.4 Å². The van der Waals surface area contributed by atoms with E-state index in [4.69, 9.17) is 0 Å². The van der Waals surface area contributed by atoms with Crippen LogP contribution in [0.5, 0.6) is 0 Å². The molecule has 1 atom stereocenters. The number of hydrogen-bond acceptors (Lipinski definition) is 0. The summed E-state index contributed by atoms with van der Waals surface area (Å²) < 4.78 is 0. The molecule has 0 aliphatic heterocycles. The Morgan fingerprint density at radius 1 is 1.09 bits per heavy atom. The van der Waals surface area contributed by atoms with Crippen LogP contribution in [0.2, 0.25) is 0 Å². The third kappa shape index (κ3) is 6.40. The first-order chi connectivity index (χ1) is 5.20. The molecule has 0 aromatic heterocycles. The molecular weight excluding hydrogens is 132 g/mol. The SMILES string of the molecule is CCCC[C@H](CC)CC(C)C. The quantitative estimate of drug-likeness (QED) is 0.539. The minimum Gasteiger partial charge on any atom is -0.0654 e. The zero-order valence-electron chi connectivity index (χ0n) is 8.69. The maximum atomic E-state index is 2.33. The van der Waals surface area contributed by atoms with Crippen LogP contribution in [0.3, 0.4) is 0 Å². The molecule has 0 aliphatic rings. The molecule has 0 nitrogen and oxygen atoms in total. The summed E-state index contributed by atoms with van der Waals surface area (Å²) in [7, 11) is 0. The normalized spacial score (nSPS) is 13.9. The minimum absolute atomic E-state index is 0.886. The number of unbranched alkanes of at least 4 members (excludes halogenated alkanes) is 1. The first-order valence-electron chi connectivity index (χ1n) is 5.20. The maximum Gasteiger partial charge on any atom is -0.0414 e. The van der Waals surface area contributed by atoms with Gasteiger partial charge in [0.2, 0.25) is 0 Å². The summed E-state index contributed by atoms with van der Waals surface area (Å²) in [5, 5.41) is 0. The Morgan fingerprint density at radius 2 is 1.73 bits per heavy atom. The fourth-order valence-electron chi connectivity index (χ4n) is 1.65. The van der Waals surface area contributed by atoms with E-state index in [9.17, 15) is 0 Å². The fourth-order valence-corrected chi connectivity index (χ4v) is 1.65. The second kappa shape index (κ2) is 6.69. The van der Waals surface area contributed by atoms with Gasteiger partial charge in [-0.3, -0.25) is 0 Å². The predicted octanol–water partition coefficient (Wildman–Crippen LogP) is 4.25. The second-order valence-electron chi connectivity index (χ2n) is 4.05. The molecule has 0 aromatic rings. The first kappa shape index (κ1) is 11.0. The van der Waals surface area contributed by atoms with Crippen LogP contribution in [-0.4, -0.2) is 0 Å². The van der Waals surface area contributed by atoms with Gasteiger partial charge in [-0.05, 0) is 18.3 Å². The molecule has 0 aromatic carbocycles. The summed E-state index contributed by atoms with van der Waals surface area (Å²) in [6.45, 7) is 9.26. The third-order valence-electron chi connectivity index (χ3n) is 2.35. The van der Waals surface area contributed by atoms with Crippen molar-refractivity contribution in [1.82, 2.24) is 0 Å². The van der Waals surface area contributed by atoms with Crippen molar-refractivity contribution >= 4 is 0 Å². The van der Waals surface area contributed by atoms with E-state index in [-0.39, 0.29) is 0 Å². The smallest absolute Gasteiger partial charge is 0.0414 e. The van der Waals surface area contributed by atoms with Crippen LogP contribution in [-0.2, 0) is 0 Å². The molecule has 0 heterocycles. The van der Waals surface area contributed by atoms with E-state index < -0.39 is 0 Å². The lowest BCUT2D eigenvalue weighted by Gasteiger charge is -2.16. The van der Waals surface area contributed by atoms with Crippen molar-refractivity contribution < 1.29 is 0 Å². The van der Waals surface area contributed by atoms with Gasteiger partial charge in [0.1, 0.15) is 0 Å². The zero-order valence-corrected chi connectivity index (χ0v) is 8.69. The third-order valence-corrected chi connectivity index (χ3v) is 2.35. The van der Waals surface area contributed by atoms with Gasteiger partial charge < -0.3 is 0 Å². The van der Waals surface area contributed by atoms with Gasteiger partial charge in [-0.15, -0.1) is 0 Å². The van der Waals surface area contributed by atoms with E-state index in [1.165, 1.54) is 32.1 Å². The highest BCUT2D eigenvalue weighted by Gasteiger charge is 2.07. The van der Waals surface area contributed by atoms with Crippen molar-refractivity contribution in [3.05, 3.63) is 0 Å². The van der Waals surface area contributed by atoms with Crippen molar-refractivity contribution in [2.45, 2.75) is 59.8 Å². The van der Waals surface area contributed by atoms with Crippen LogP contribution in [0.25, 0.3) is 0 Å². The molecule has 0 aliphatic carbocycles. The Hall–Kier alpha value is 0. The topological polar surface area (TPSA) is 0 Å². The van der Waals surface area contributed by atoms with Gasteiger partial charge in [0, 0.05) is 0 Å². The van der Waals surface area contributed by atoms with Crippen LogP contribution in [0.1, 0.15) is 59.8 Å². The van der Waals surface area contributed by atoms with Gasteiger partial charge >= 0.3 is 0 Å². The minimum atomic E-state index is 0.886. The molecule has 0 amide bonds. The highest BCUT2D eigenvalue weighted by atomic mass is 14.1. The number of hydrogen-bond donors (Lipinski definition) is 0. The van der Waals surface area contributed by atoms with E-state index >= 15 is 0 Å². The zero-order chi connectivity index (χ0) is 8.69. The summed E-state index contributed by atoms with van der Waals surface area (Å²) in [6.07, 6.45) is 7.03. The van der Waals surface area contributed by atoms with E-state index in [2.05, 4.69) is 27.7 Å². The van der Waals surface area contributed by atoms with Gasteiger partial charge in [0.25, 0.3) is 0 Å².